The van der Waals surface area contributed by atoms with Gasteiger partial charge in [0.1, 0.15) is 0 Å². The number of nitrogens with two attached hydrogens (primary N) is 1. The first-order chi connectivity index (χ1) is 10.5. The molecule has 1 saturated heterocycles. The van der Waals surface area contributed by atoms with Crippen LogP contribution >= 0.6 is 0 Å². The number of primary amides is 1. The maximum absolute atomic E-state index is 12.5. The zero-order chi connectivity index (χ0) is 15.9. The minimum Gasteiger partial charge on any atom is -0.408 e. The average molecular weight is 303 g/mol. The number of likely N-dealkylation sites (tertiary alicyclic amines) is 1. The summed E-state index contributed by atoms with van der Waals surface area (Å²) < 4.78 is 6.49. The lowest BCUT2D eigenvalue weighted by Gasteiger charge is -2.30. The number of rotatable bonds is 2. The molecule has 7 heteroatoms. The maximum atomic E-state index is 12.5. The lowest BCUT2D eigenvalue weighted by Crippen LogP contribution is -2.41. The van der Waals surface area contributed by atoms with Gasteiger partial charge in [-0.05, 0) is 31.0 Å². The molecule has 1 aliphatic rings. The van der Waals surface area contributed by atoms with E-state index >= 15 is 0 Å². The number of aryl methyl sites for hydroxylation is 1. The van der Waals surface area contributed by atoms with Crippen LogP contribution in [0.2, 0.25) is 0 Å². The van der Waals surface area contributed by atoms with Crippen LogP contribution in [-0.4, -0.2) is 34.4 Å². The molecule has 0 saturated carbocycles. The number of hydrogen-bond acceptors (Lipinski definition) is 4. The summed E-state index contributed by atoms with van der Waals surface area (Å²) in [6, 6.07) is 4.96. The van der Waals surface area contributed by atoms with Gasteiger partial charge in [-0.25, -0.2) is 4.79 Å². The highest BCUT2D eigenvalue weighted by Gasteiger charge is 2.26. The Morgan fingerprint density at radius 1 is 1.27 bits per heavy atom. The van der Waals surface area contributed by atoms with E-state index in [1.165, 1.54) is 4.57 Å². The molecule has 2 N–H and O–H groups in total. The third kappa shape index (κ3) is 2.38. The molecule has 0 spiro atoms. The van der Waals surface area contributed by atoms with Gasteiger partial charge in [0.25, 0.3) is 5.91 Å². The van der Waals surface area contributed by atoms with Crippen LogP contribution in [0.3, 0.4) is 0 Å². The first-order valence-electron chi connectivity index (χ1n) is 7.15. The predicted molar refractivity (Wildman–Crippen MR) is 79.3 cm³/mol. The molecule has 0 bridgehead atoms. The molecule has 1 aromatic heterocycles. The molecule has 0 unspecified atom stereocenters. The second kappa shape index (κ2) is 5.32. The fourth-order valence-corrected chi connectivity index (χ4v) is 2.82. The van der Waals surface area contributed by atoms with E-state index in [9.17, 15) is 14.4 Å². The minimum absolute atomic E-state index is 0.128. The first-order valence-corrected chi connectivity index (χ1v) is 7.15. The largest absolute Gasteiger partial charge is 0.419 e. The van der Waals surface area contributed by atoms with Crippen molar-refractivity contribution in [1.29, 1.82) is 0 Å². The number of aromatic nitrogens is 1. The first kappa shape index (κ1) is 14.4. The summed E-state index contributed by atoms with van der Waals surface area (Å²) in [5, 5.41) is 0. The Morgan fingerprint density at radius 2 is 1.95 bits per heavy atom. The Hall–Kier alpha value is -2.57. The Labute approximate surface area is 126 Å². The fourth-order valence-electron chi connectivity index (χ4n) is 2.82. The molecule has 1 aromatic carbocycles. The van der Waals surface area contributed by atoms with E-state index in [0.717, 1.165) is 0 Å². The molecule has 2 heterocycles. The van der Waals surface area contributed by atoms with Crippen LogP contribution in [-0.2, 0) is 11.8 Å². The van der Waals surface area contributed by atoms with Crippen molar-refractivity contribution in [2.24, 2.45) is 18.7 Å². The summed E-state index contributed by atoms with van der Waals surface area (Å²) in [4.78, 5) is 36.8. The van der Waals surface area contributed by atoms with Gasteiger partial charge in [-0.15, -0.1) is 0 Å². The lowest BCUT2D eigenvalue weighted by atomic mass is 9.96. The summed E-state index contributed by atoms with van der Waals surface area (Å²) in [6.45, 7) is 1.01. The third-order valence-electron chi connectivity index (χ3n) is 4.22. The smallest absolute Gasteiger partial charge is 0.408 e. The molecule has 1 aliphatic heterocycles. The van der Waals surface area contributed by atoms with Gasteiger partial charge in [-0.2, -0.15) is 0 Å². The van der Waals surface area contributed by atoms with Crippen LogP contribution in [0.4, 0.5) is 0 Å². The predicted octanol–water partition coefficient (Wildman–Crippen LogP) is 0.469. The molecule has 22 heavy (non-hydrogen) atoms. The number of fused-ring (bicyclic) bond motifs is 1. The Kier molecular flexibility index (Phi) is 3.48. The maximum Gasteiger partial charge on any atom is 0.419 e. The van der Waals surface area contributed by atoms with Crippen molar-refractivity contribution in [3.63, 3.8) is 0 Å². The highest BCUT2D eigenvalue weighted by atomic mass is 16.4. The number of carbonyl (C=O) groups is 2. The van der Waals surface area contributed by atoms with E-state index in [-0.39, 0.29) is 17.7 Å². The molecule has 0 atom stereocenters. The second-order valence-corrected chi connectivity index (χ2v) is 5.58. The van der Waals surface area contributed by atoms with Crippen LogP contribution < -0.4 is 11.5 Å². The third-order valence-corrected chi connectivity index (χ3v) is 4.22. The Balaban J connectivity index is 1.81. The van der Waals surface area contributed by atoms with E-state index in [1.807, 2.05) is 0 Å². The molecular formula is C15H17N3O4. The van der Waals surface area contributed by atoms with Gasteiger partial charge in [0.2, 0.25) is 5.91 Å². The van der Waals surface area contributed by atoms with Gasteiger partial charge < -0.3 is 15.1 Å². The van der Waals surface area contributed by atoms with Gasteiger partial charge in [0.15, 0.2) is 5.58 Å². The van der Waals surface area contributed by atoms with Gasteiger partial charge in [0.05, 0.1) is 5.52 Å². The number of carbonyl (C=O) groups excluding carboxylic acids is 2. The molecule has 0 radical (unpaired) electrons. The number of piperidine rings is 1. The number of oxazole rings is 1. The fraction of sp³-hybridized carbons (Fsp3) is 0.400. The monoisotopic (exact) mass is 303 g/mol. The Bertz CT molecular complexity index is 797. The van der Waals surface area contributed by atoms with E-state index < -0.39 is 5.76 Å². The zero-order valence-corrected chi connectivity index (χ0v) is 12.2. The number of hydrogen-bond donors (Lipinski definition) is 1. The highest BCUT2D eigenvalue weighted by Crippen LogP contribution is 2.20. The normalized spacial score (nSPS) is 16.1. The average Bonchev–Trinajstić information content (AvgIpc) is 2.81. The molecule has 3 rings (SSSR count). The molecule has 2 amide bonds. The summed E-state index contributed by atoms with van der Waals surface area (Å²) in [5.74, 6) is -1.04. The van der Waals surface area contributed by atoms with Crippen LogP contribution in [0.5, 0.6) is 0 Å². The van der Waals surface area contributed by atoms with E-state index in [0.29, 0.717) is 42.6 Å². The standard InChI is InChI=1S/C15H17N3O4/c1-17-11-3-2-10(8-12(11)22-15(17)21)14(20)18-6-4-9(5-7-18)13(16)19/h2-3,8-9H,4-7H2,1H3,(H2,16,19). The molecule has 116 valence electrons. The van der Waals surface area contributed by atoms with E-state index in [2.05, 4.69) is 0 Å². The van der Waals surface area contributed by atoms with E-state index in [1.54, 1.807) is 30.1 Å². The molecule has 7 nitrogen and oxygen atoms in total. The van der Waals surface area contributed by atoms with E-state index in [4.69, 9.17) is 10.2 Å². The quantitative estimate of drug-likeness (QED) is 0.871. The summed E-state index contributed by atoms with van der Waals surface area (Å²) in [7, 11) is 1.62. The number of benzene rings is 1. The molecule has 2 aromatic rings. The number of amides is 2. The van der Waals surface area contributed by atoms with Gasteiger partial charge >= 0.3 is 5.76 Å². The van der Waals surface area contributed by atoms with Crippen molar-refractivity contribution in [2.75, 3.05) is 13.1 Å². The van der Waals surface area contributed by atoms with Crippen molar-refractivity contribution in [1.82, 2.24) is 9.47 Å². The topological polar surface area (TPSA) is 98.5 Å². The van der Waals surface area contributed by atoms with Crippen molar-refractivity contribution >= 4 is 22.9 Å². The summed E-state index contributed by atoms with van der Waals surface area (Å²) >= 11 is 0. The van der Waals surface area contributed by atoms with Crippen LogP contribution in [0.15, 0.2) is 27.4 Å². The molecule has 1 fully saturated rings. The van der Waals surface area contributed by atoms with Crippen LogP contribution in [0.1, 0.15) is 23.2 Å². The van der Waals surface area contributed by atoms with Crippen LogP contribution in [0.25, 0.3) is 11.1 Å². The second-order valence-electron chi connectivity index (χ2n) is 5.58. The SMILES string of the molecule is Cn1c(=O)oc2cc(C(=O)N3CCC(C(N)=O)CC3)ccc21. The zero-order valence-electron chi connectivity index (χ0n) is 12.2. The lowest BCUT2D eigenvalue weighted by molar-refractivity contribution is -0.123. The summed E-state index contributed by atoms with van der Waals surface area (Å²) in [6.07, 6.45) is 1.17. The Morgan fingerprint density at radius 3 is 2.59 bits per heavy atom. The van der Waals surface area contributed by atoms with Crippen molar-refractivity contribution in [3.8, 4) is 0 Å². The van der Waals surface area contributed by atoms with Crippen molar-refractivity contribution in [3.05, 3.63) is 34.3 Å². The molecule has 0 aliphatic carbocycles. The van der Waals surface area contributed by atoms with Gasteiger partial charge in [-0.1, -0.05) is 0 Å². The number of nitrogens with zero attached hydrogens (tertiary/aromatic N) is 2. The van der Waals surface area contributed by atoms with Crippen molar-refractivity contribution in [2.45, 2.75) is 12.8 Å². The van der Waals surface area contributed by atoms with Crippen LogP contribution in [0, 0.1) is 5.92 Å². The van der Waals surface area contributed by atoms with Gasteiger partial charge in [-0.3, -0.25) is 14.2 Å². The minimum atomic E-state index is -0.457. The van der Waals surface area contributed by atoms with Crippen molar-refractivity contribution < 1.29 is 14.0 Å². The van der Waals surface area contributed by atoms with Gasteiger partial charge in [0, 0.05) is 31.6 Å². The molecular weight excluding hydrogens is 286 g/mol. The summed E-state index contributed by atoms with van der Waals surface area (Å²) in [5.41, 5.74) is 6.80. The highest BCUT2D eigenvalue weighted by molar-refractivity contribution is 5.97.